The Labute approximate surface area is 299 Å². The van der Waals surface area contributed by atoms with Crippen LogP contribution in [0.15, 0.2) is 76.7 Å². The quantitative estimate of drug-likeness (QED) is 0.153. The Balaban J connectivity index is 0.00000192. The second-order valence-corrected chi connectivity index (χ2v) is 18.2. The zero-order valence-electron chi connectivity index (χ0n) is 30.8. The van der Waals surface area contributed by atoms with Crippen molar-refractivity contribution in [1.29, 1.82) is 0 Å². The van der Waals surface area contributed by atoms with Gasteiger partial charge in [0, 0.05) is 5.39 Å². The molecule has 0 aliphatic heterocycles. The summed E-state index contributed by atoms with van der Waals surface area (Å²) in [6.45, 7) is 31.3. The Morgan fingerprint density at radius 1 is 0.553 bits per heavy atom. The number of benzene rings is 3. The number of nitrogens with zero attached hydrogens (tertiary/aromatic N) is 3. The Morgan fingerprint density at radius 3 is 1.30 bits per heavy atom. The van der Waals surface area contributed by atoms with Crippen LogP contribution in [0.1, 0.15) is 131 Å². The van der Waals surface area contributed by atoms with Crippen molar-refractivity contribution in [2.45, 2.75) is 119 Å². The van der Waals surface area contributed by atoms with Crippen LogP contribution >= 0.6 is 20.2 Å². The summed E-state index contributed by atoms with van der Waals surface area (Å²) in [6.07, 6.45) is 0. The molecule has 47 heavy (non-hydrogen) atoms. The number of halogens is 2. The van der Waals surface area contributed by atoms with Crippen molar-refractivity contribution in [2.75, 3.05) is 0 Å². The summed E-state index contributed by atoms with van der Waals surface area (Å²) in [6, 6.07) is 23.9. The topological polar surface area (TPSA) is 37.6 Å². The van der Waals surface area contributed by atoms with Gasteiger partial charge in [-0.2, -0.15) is 0 Å². The number of pyridine rings is 1. The van der Waals surface area contributed by atoms with Crippen molar-refractivity contribution in [2.24, 2.45) is 9.98 Å². The molecule has 0 amide bonds. The number of aliphatic imine (C=N–C) groups is 2. The first-order valence-electron chi connectivity index (χ1n) is 16.3. The van der Waals surface area contributed by atoms with E-state index in [1.807, 2.05) is 0 Å². The molecule has 254 valence electrons. The molecule has 3 nitrogen and oxygen atoms in total. The zero-order chi connectivity index (χ0) is 35.5. The van der Waals surface area contributed by atoms with E-state index in [2.05, 4.69) is 164 Å². The van der Waals surface area contributed by atoms with E-state index in [0.29, 0.717) is 0 Å². The van der Waals surface area contributed by atoms with E-state index in [4.69, 9.17) is 35.2 Å². The molecule has 4 rings (SSSR count). The van der Waals surface area contributed by atoms with E-state index in [-0.39, 0.29) is 34.8 Å². The average Bonchev–Trinajstić information content (AvgIpc) is 2.94. The monoisotopic (exact) mass is 713 g/mol. The fourth-order valence-corrected chi connectivity index (χ4v) is 5.85. The van der Waals surface area contributed by atoms with Crippen LogP contribution in [0.25, 0.3) is 10.8 Å². The van der Waals surface area contributed by atoms with Gasteiger partial charge in [-0.3, -0.25) is 9.98 Å². The van der Waals surface area contributed by atoms with Crippen molar-refractivity contribution in [3.05, 3.63) is 100 Å². The van der Waals surface area contributed by atoms with Gasteiger partial charge >= 0.3 is 33.3 Å². The molecule has 0 aliphatic rings. The first-order valence-corrected chi connectivity index (χ1v) is 19.3. The van der Waals surface area contributed by atoms with E-state index in [9.17, 15) is 0 Å². The Kier molecular flexibility index (Phi) is 12.4. The van der Waals surface area contributed by atoms with E-state index in [0.717, 1.165) is 45.0 Å². The second-order valence-electron chi connectivity index (χ2n) is 16.4. The van der Waals surface area contributed by atoms with Crippen LogP contribution in [0.5, 0.6) is 0 Å². The maximum atomic E-state index is 5.40. The summed E-state index contributed by atoms with van der Waals surface area (Å²) in [5.74, 6) is 0. The zero-order valence-corrected chi connectivity index (χ0v) is 33.4. The molecule has 0 saturated carbocycles. The van der Waals surface area contributed by atoms with Crippen LogP contribution in [0.3, 0.4) is 0 Å². The SMILES string of the molecule is CC(=Nc1c(C(C)(C)C)cccc1C(C)(C)C)c1cc2ccccc2c(C(C)=Nc2c(C(C)(C)C)cccc2C(C)(C)C)n1.[Cl][Fe][Cl]. The Morgan fingerprint density at radius 2 is 0.915 bits per heavy atom. The van der Waals surface area contributed by atoms with Gasteiger partial charge < -0.3 is 0 Å². The molecular weight excluding hydrogens is 661 g/mol. The predicted octanol–water partition coefficient (Wildman–Crippen LogP) is 13.1. The van der Waals surface area contributed by atoms with Gasteiger partial charge in [0.2, 0.25) is 0 Å². The molecule has 0 aliphatic carbocycles. The second kappa shape index (κ2) is 15.0. The summed E-state index contributed by atoms with van der Waals surface area (Å²) in [4.78, 5) is 16.1. The molecule has 3 aromatic carbocycles. The molecule has 0 atom stereocenters. The van der Waals surface area contributed by atoms with Gasteiger partial charge in [-0.15, -0.1) is 0 Å². The maximum absolute atomic E-state index is 5.40. The third-order valence-corrected chi connectivity index (χ3v) is 8.32. The standard InChI is InChI=1S/C41H53N3.2ClH.Fe/c1-26(42-36-30(38(3,4)5)21-17-22-31(36)39(6,7)8)34-25-28-19-15-16-20-29(28)35(44-34)27(2)43-37-32(40(9,10)11)23-18-24-33(37)41(12,13)14;;;/h15-25H,1-14H3;2*1H;/q;;;+2/p-2. The van der Waals surface area contributed by atoms with E-state index < -0.39 is 0 Å². The minimum atomic E-state index is -0.0494. The summed E-state index contributed by atoms with van der Waals surface area (Å²) in [5.41, 5.74) is 10.5. The van der Waals surface area contributed by atoms with E-state index in [1.165, 1.54) is 22.3 Å². The van der Waals surface area contributed by atoms with Gasteiger partial charge in [0.25, 0.3) is 0 Å². The van der Waals surface area contributed by atoms with Gasteiger partial charge in [-0.05, 0) is 69.2 Å². The van der Waals surface area contributed by atoms with Crippen molar-refractivity contribution >= 4 is 53.8 Å². The molecular formula is C41H53Cl2FeN3. The predicted molar refractivity (Wildman–Crippen MR) is 205 cm³/mol. The van der Waals surface area contributed by atoms with Crippen LogP contribution < -0.4 is 0 Å². The van der Waals surface area contributed by atoms with Crippen molar-refractivity contribution < 1.29 is 13.1 Å². The van der Waals surface area contributed by atoms with Crippen LogP contribution in [0, 0.1) is 0 Å². The van der Waals surface area contributed by atoms with Gasteiger partial charge in [0.15, 0.2) is 0 Å². The number of aromatic nitrogens is 1. The fraction of sp³-hybridized carbons (Fsp3) is 0.439. The molecule has 4 aromatic rings. The van der Waals surface area contributed by atoms with Gasteiger partial charge in [0.05, 0.1) is 34.2 Å². The fourth-order valence-electron chi connectivity index (χ4n) is 5.85. The third kappa shape index (κ3) is 9.57. The van der Waals surface area contributed by atoms with Crippen LogP contribution in [-0.2, 0) is 34.8 Å². The first kappa shape index (κ1) is 39.0. The number of rotatable bonds is 4. The number of hydrogen-bond donors (Lipinski definition) is 0. The molecule has 0 unspecified atom stereocenters. The average molecular weight is 715 g/mol. The summed E-state index contributed by atoms with van der Waals surface area (Å²) < 4.78 is 0. The summed E-state index contributed by atoms with van der Waals surface area (Å²) in [5, 5.41) is 2.23. The number of para-hydroxylation sites is 2. The van der Waals surface area contributed by atoms with Crippen LogP contribution in [0.4, 0.5) is 11.4 Å². The molecule has 1 heterocycles. The third-order valence-electron chi connectivity index (χ3n) is 8.32. The molecule has 0 saturated heterocycles. The molecule has 0 fully saturated rings. The van der Waals surface area contributed by atoms with E-state index in [1.54, 1.807) is 0 Å². The van der Waals surface area contributed by atoms with Crippen molar-refractivity contribution in [1.82, 2.24) is 4.98 Å². The number of fused-ring (bicyclic) bond motifs is 1. The Hall–Kier alpha value is -2.49. The van der Waals surface area contributed by atoms with Gasteiger partial charge in [0.1, 0.15) is 0 Å². The minimum absolute atomic E-state index is 0.0448. The van der Waals surface area contributed by atoms with Gasteiger partial charge in [-0.25, -0.2) is 4.98 Å². The Bertz CT molecular complexity index is 1710. The van der Waals surface area contributed by atoms with Crippen molar-refractivity contribution in [3.8, 4) is 0 Å². The molecule has 0 radical (unpaired) electrons. The van der Waals surface area contributed by atoms with E-state index >= 15 is 0 Å². The van der Waals surface area contributed by atoms with Gasteiger partial charge in [-0.1, -0.05) is 144 Å². The van der Waals surface area contributed by atoms with Crippen molar-refractivity contribution in [3.63, 3.8) is 0 Å². The summed E-state index contributed by atoms with van der Waals surface area (Å²) >= 11 is 0.194. The first-order chi connectivity index (χ1) is 21.6. The molecule has 0 N–H and O–H groups in total. The molecule has 0 bridgehead atoms. The number of hydrogen-bond acceptors (Lipinski definition) is 3. The van der Waals surface area contributed by atoms with Crippen LogP contribution in [0.2, 0.25) is 0 Å². The molecule has 0 spiro atoms. The normalized spacial score (nSPS) is 13.5. The summed E-state index contributed by atoms with van der Waals surface area (Å²) in [7, 11) is 9.53. The molecule has 6 heteroatoms. The molecule has 1 aromatic heterocycles. The van der Waals surface area contributed by atoms with Crippen LogP contribution in [-0.4, -0.2) is 16.4 Å².